The number of anilines is 2. The third kappa shape index (κ3) is 2.93. The first-order valence-electron chi connectivity index (χ1n) is 8.64. The Morgan fingerprint density at radius 3 is 2.66 bits per heavy atom. The van der Waals surface area contributed by atoms with Crippen LogP contribution in [0.5, 0.6) is 0 Å². The molecule has 2 heterocycles. The highest BCUT2D eigenvalue weighted by Crippen LogP contribution is 2.37. The highest BCUT2D eigenvalue weighted by molar-refractivity contribution is 7.93. The first-order chi connectivity index (χ1) is 13.9. The monoisotopic (exact) mass is 424 g/mol. The number of nitrogens with zero attached hydrogens (tertiary/aromatic N) is 1. The second-order valence-electron chi connectivity index (χ2n) is 6.58. The molecule has 9 heteroatoms. The second-order valence-corrected chi connectivity index (χ2v) is 8.66. The third-order valence-electron chi connectivity index (χ3n) is 4.74. The summed E-state index contributed by atoms with van der Waals surface area (Å²) in [5.41, 5.74) is 2.46. The zero-order valence-corrected chi connectivity index (χ0v) is 16.3. The predicted octanol–water partition coefficient (Wildman–Crippen LogP) is 4.25. The number of aromatic amines is 1. The molecular formula is C20H13ClN4O3S. The molecule has 4 aromatic rings. The summed E-state index contributed by atoms with van der Waals surface area (Å²) in [5.74, 6) is -0.0935. The molecule has 0 radical (unpaired) electrons. The zero-order valence-electron chi connectivity index (χ0n) is 14.7. The molecule has 144 valence electrons. The van der Waals surface area contributed by atoms with Crippen LogP contribution in [0.15, 0.2) is 65.6 Å². The number of rotatable bonds is 4. The normalized spacial score (nSPS) is 12.9. The number of H-pyrrole nitrogens is 1. The number of nitrogens with one attached hydrogen (secondary N) is 3. The maximum Gasteiger partial charge on any atom is 0.263 e. The molecular weight excluding hydrogens is 412 g/mol. The van der Waals surface area contributed by atoms with Crippen LogP contribution in [-0.4, -0.2) is 24.5 Å². The minimum atomic E-state index is -3.94. The van der Waals surface area contributed by atoms with E-state index >= 15 is 0 Å². The minimum Gasteiger partial charge on any atom is -0.321 e. The third-order valence-corrected chi connectivity index (χ3v) is 6.38. The number of aromatic nitrogens is 2. The van der Waals surface area contributed by atoms with E-state index in [1.807, 2.05) is 6.07 Å². The Bertz CT molecular complexity index is 1410. The first-order valence-corrected chi connectivity index (χ1v) is 10.5. The van der Waals surface area contributed by atoms with E-state index in [4.69, 9.17) is 11.6 Å². The van der Waals surface area contributed by atoms with E-state index in [9.17, 15) is 13.2 Å². The number of sulfonamides is 1. The van der Waals surface area contributed by atoms with Gasteiger partial charge in [-0.05, 0) is 30.3 Å². The van der Waals surface area contributed by atoms with Crippen molar-refractivity contribution in [2.75, 3.05) is 10.0 Å². The summed E-state index contributed by atoms with van der Waals surface area (Å²) in [4.78, 5) is 12.1. The Morgan fingerprint density at radius 1 is 1.00 bits per heavy atom. The van der Waals surface area contributed by atoms with Gasteiger partial charge in [0.2, 0.25) is 0 Å². The average molecular weight is 425 g/mol. The van der Waals surface area contributed by atoms with Gasteiger partial charge in [0.1, 0.15) is 0 Å². The first kappa shape index (κ1) is 17.7. The van der Waals surface area contributed by atoms with E-state index in [0.717, 1.165) is 5.56 Å². The lowest BCUT2D eigenvalue weighted by Gasteiger charge is -2.09. The molecule has 0 unspecified atom stereocenters. The van der Waals surface area contributed by atoms with E-state index in [-0.39, 0.29) is 16.6 Å². The number of hydrogen-bond donors (Lipinski definition) is 3. The molecule has 0 fully saturated rings. The molecule has 3 N–H and O–H groups in total. The van der Waals surface area contributed by atoms with Crippen molar-refractivity contribution in [2.45, 2.75) is 4.90 Å². The Hall–Kier alpha value is -3.36. The molecule has 5 rings (SSSR count). The summed E-state index contributed by atoms with van der Waals surface area (Å²) in [5, 5.41) is 11.2. The Morgan fingerprint density at radius 2 is 1.83 bits per heavy atom. The summed E-state index contributed by atoms with van der Waals surface area (Å²) >= 11 is 6.01. The molecule has 1 aliphatic heterocycles. The van der Waals surface area contributed by atoms with Crippen LogP contribution in [0.1, 0.15) is 10.4 Å². The second kappa shape index (κ2) is 6.33. The van der Waals surface area contributed by atoms with Crippen LogP contribution in [0.3, 0.4) is 0 Å². The highest BCUT2D eigenvalue weighted by atomic mass is 35.5. The number of benzene rings is 3. The predicted molar refractivity (Wildman–Crippen MR) is 112 cm³/mol. The van der Waals surface area contributed by atoms with Gasteiger partial charge in [-0.2, -0.15) is 5.10 Å². The Labute approximate surface area is 170 Å². The summed E-state index contributed by atoms with van der Waals surface area (Å²) in [7, 11) is -3.94. The Kier molecular flexibility index (Phi) is 3.87. The van der Waals surface area contributed by atoms with Crippen LogP contribution in [0.4, 0.5) is 11.5 Å². The molecule has 0 bridgehead atoms. The van der Waals surface area contributed by atoms with Gasteiger partial charge in [-0.25, -0.2) is 8.42 Å². The standard InChI is InChI=1S/C20H13ClN4O3S/c21-12-4-1-3-11(9-12)16-10-18(24-23-16)25-29(27,28)17-8-7-15-19-13(17)5-2-6-14(19)20(26)22-15/h1-10H,(H,22,26)(H2,23,24,25). The molecule has 0 spiro atoms. The largest absolute Gasteiger partial charge is 0.321 e. The quantitative estimate of drug-likeness (QED) is 0.455. The lowest BCUT2D eigenvalue weighted by atomic mass is 10.1. The van der Waals surface area contributed by atoms with Crippen LogP contribution < -0.4 is 10.0 Å². The van der Waals surface area contributed by atoms with E-state index in [0.29, 0.717) is 32.7 Å². The van der Waals surface area contributed by atoms with Crippen molar-refractivity contribution >= 4 is 49.8 Å². The Balaban J connectivity index is 1.54. The van der Waals surface area contributed by atoms with Crippen molar-refractivity contribution in [3.05, 3.63) is 71.2 Å². The van der Waals surface area contributed by atoms with Gasteiger partial charge in [0, 0.05) is 38.7 Å². The van der Waals surface area contributed by atoms with E-state index < -0.39 is 10.0 Å². The maximum atomic E-state index is 13.0. The topological polar surface area (TPSA) is 104 Å². The fourth-order valence-corrected chi connectivity index (χ4v) is 4.85. The fraction of sp³-hybridized carbons (Fsp3) is 0. The lowest BCUT2D eigenvalue weighted by Crippen LogP contribution is -2.13. The van der Waals surface area contributed by atoms with Crippen LogP contribution in [0, 0.1) is 0 Å². The van der Waals surface area contributed by atoms with E-state index in [1.54, 1.807) is 48.5 Å². The molecule has 0 aliphatic carbocycles. The van der Waals surface area contributed by atoms with Gasteiger partial charge in [0.15, 0.2) is 5.82 Å². The molecule has 1 aliphatic rings. The summed E-state index contributed by atoms with van der Waals surface area (Å²) in [6.45, 7) is 0. The van der Waals surface area contributed by atoms with Gasteiger partial charge < -0.3 is 5.32 Å². The molecule has 0 saturated heterocycles. The molecule has 0 atom stereocenters. The number of halogens is 1. The molecule has 1 aromatic heterocycles. The van der Waals surface area contributed by atoms with Gasteiger partial charge in [-0.3, -0.25) is 14.6 Å². The fourth-order valence-electron chi connectivity index (χ4n) is 3.47. The number of carbonyl (C=O) groups excluding carboxylic acids is 1. The zero-order chi connectivity index (χ0) is 20.2. The lowest BCUT2D eigenvalue weighted by molar-refractivity contribution is 0.103. The number of hydrogen-bond acceptors (Lipinski definition) is 4. The van der Waals surface area contributed by atoms with Gasteiger partial charge >= 0.3 is 0 Å². The van der Waals surface area contributed by atoms with E-state index in [1.165, 1.54) is 6.07 Å². The summed E-state index contributed by atoms with van der Waals surface area (Å²) in [6, 6.07) is 16.8. The van der Waals surface area contributed by atoms with Crippen LogP contribution in [0.25, 0.3) is 22.0 Å². The molecule has 3 aromatic carbocycles. The highest BCUT2D eigenvalue weighted by Gasteiger charge is 2.26. The average Bonchev–Trinajstić information content (AvgIpc) is 3.27. The number of amides is 1. The minimum absolute atomic E-state index is 0.0712. The van der Waals surface area contributed by atoms with E-state index in [2.05, 4.69) is 20.2 Å². The number of carbonyl (C=O) groups is 1. The van der Waals surface area contributed by atoms with Crippen molar-refractivity contribution in [1.82, 2.24) is 10.2 Å². The van der Waals surface area contributed by atoms with Gasteiger partial charge in [-0.15, -0.1) is 0 Å². The van der Waals surface area contributed by atoms with Crippen molar-refractivity contribution in [1.29, 1.82) is 0 Å². The van der Waals surface area contributed by atoms with Crippen LogP contribution in [-0.2, 0) is 10.0 Å². The van der Waals surface area contributed by atoms with Crippen LogP contribution in [0.2, 0.25) is 5.02 Å². The van der Waals surface area contributed by atoms with Crippen molar-refractivity contribution < 1.29 is 13.2 Å². The summed E-state index contributed by atoms with van der Waals surface area (Å²) in [6.07, 6.45) is 0. The SMILES string of the molecule is O=C1Nc2ccc(S(=O)(=O)Nc3cc(-c4cccc(Cl)c4)[nH]n3)c3cccc1c23. The van der Waals surface area contributed by atoms with Gasteiger partial charge in [0.25, 0.3) is 15.9 Å². The van der Waals surface area contributed by atoms with Crippen molar-refractivity contribution in [3.8, 4) is 11.3 Å². The molecule has 29 heavy (non-hydrogen) atoms. The van der Waals surface area contributed by atoms with Crippen LogP contribution >= 0.6 is 11.6 Å². The van der Waals surface area contributed by atoms with Gasteiger partial charge in [0.05, 0.1) is 10.6 Å². The smallest absolute Gasteiger partial charge is 0.263 e. The maximum absolute atomic E-state index is 13.0. The van der Waals surface area contributed by atoms with Crippen molar-refractivity contribution in [3.63, 3.8) is 0 Å². The van der Waals surface area contributed by atoms with Crippen molar-refractivity contribution in [2.24, 2.45) is 0 Å². The molecule has 7 nitrogen and oxygen atoms in total. The molecule has 0 saturated carbocycles. The molecule has 1 amide bonds. The van der Waals surface area contributed by atoms with Gasteiger partial charge in [-0.1, -0.05) is 35.9 Å². The summed E-state index contributed by atoms with van der Waals surface area (Å²) < 4.78 is 28.6.